The molecule has 154 valence electrons. The van der Waals surface area contributed by atoms with Crippen LogP contribution in [0.2, 0.25) is 0 Å². The molecular formula is C24H18N2O5. The Balaban J connectivity index is 1.61. The van der Waals surface area contributed by atoms with Gasteiger partial charge in [0.1, 0.15) is 11.3 Å². The van der Waals surface area contributed by atoms with E-state index < -0.39 is 10.8 Å². The number of nitrogens with one attached hydrogen (secondary N) is 1. The number of carbonyl (C=O) groups excluding carboxylic acids is 1. The standard InChI is InChI=1S/C24H18N2O5/c1-14-10-15(2)23-20(11-14)21(27)13-22(31-23)16-6-8-17(9-7-16)24(28)25-18-4-3-5-19(12-18)26(29)30/h3-13H,1-2H3,(H,25,28). The fourth-order valence-electron chi connectivity index (χ4n) is 3.44. The van der Waals surface area contributed by atoms with Crippen molar-refractivity contribution in [3.05, 3.63) is 104 Å². The van der Waals surface area contributed by atoms with Crippen LogP contribution in [-0.4, -0.2) is 10.8 Å². The second-order valence-electron chi connectivity index (χ2n) is 7.27. The average molecular weight is 414 g/mol. The second kappa shape index (κ2) is 7.87. The minimum Gasteiger partial charge on any atom is -0.456 e. The van der Waals surface area contributed by atoms with Crippen molar-refractivity contribution in [2.75, 3.05) is 5.32 Å². The lowest BCUT2D eigenvalue weighted by atomic mass is 10.1. The van der Waals surface area contributed by atoms with Crippen molar-refractivity contribution in [3.63, 3.8) is 0 Å². The first kappa shape index (κ1) is 20.0. The molecule has 0 radical (unpaired) electrons. The van der Waals surface area contributed by atoms with Crippen molar-refractivity contribution in [2.45, 2.75) is 13.8 Å². The smallest absolute Gasteiger partial charge is 0.271 e. The van der Waals surface area contributed by atoms with Gasteiger partial charge in [0.2, 0.25) is 0 Å². The van der Waals surface area contributed by atoms with Gasteiger partial charge in [0.05, 0.1) is 10.3 Å². The van der Waals surface area contributed by atoms with E-state index in [0.717, 1.165) is 11.1 Å². The summed E-state index contributed by atoms with van der Waals surface area (Å²) < 4.78 is 5.98. The van der Waals surface area contributed by atoms with Crippen LogP contribution in [0.25, 0.3) is 22.3 Å². The molecule has 0 aliphatic heterocycles. The maximum absolute atomic E-state index is 12.6. The molecule has 1 amide bonds. The van der Waals surface area contributed by atoms with Crippen molar-refractivity contribution in [2.24, 2.45) is 0 Å². The van der Waals surface area contributed by atoms with Gasteiger partial charge in [-0.05, 0) is 49.2 Å². The number of nitrogens with zero attached hydrogens (tertiary/aromatic N) is 1. The monoisotopic (exact) mass is 414 g/mol. The number of anilines is 1. The largest absolute Gasteiger partial charge is 0.456 e. The molecule has 0 unspecified atom stereocenters. The van der Waals surface area contributed by atoms with Crippen LogP contribution in [0.1, 0.15) is 21.5 Å². The van der Waals surface area contributed by atoms with E-state index in [0.29, 0.717) is 33.5 Å². The summed E-state index contributed by atoms with van der Waals surface area (Å²) in [5, 5.41) is 14.1. The zero-order chi connectivity index (χ0) is 22.1. The van der Waals surface area contributed by atoms with Crippen LogP contribution < -0.4 is 10.7 Å². The number of hydrogen-bond acceptors (Lipinski definition) is 5. The highest BCUT2D eigenvalue weighted by Crippen LogP contribution is 2.26. The molecule has 1 N–H and O–H groups in total. The Morgan fingerprint density at radius 2 is 1.74 bits per heavy atom. The molecule has 0 atom stereocenters. The van der Waals surface area contributed by atoms with Crippen LogP contribution in [0, 0.1) is 24.0 Å². The number of rotatable bonds is 4. The maximum atomic E-state index is 12.6. The van der Waals surface area contributed by atoms with E-state index in [1.54, 1.807) is 36.4 Å². The van der Waals surface area contributed by atoms with Gasteiger partial charge in [-0.3, -0.25) is 19.7 Å². The molecule has 7 nitrogen and oxygen atoms in total. The number of fused-ring (bicyclic) bond motifs is 1. The highest BCUT2D eigenvalue weighted by atomic mass is 16.6. The Morgan fingerprint density at radius 3 is 2.45 bits per heavy atom. The van der Waals surface area contributed by atoms with E-state index >= 15 is 0 Å². The lowest BCUT2D eigenvalue weighted by Crippen LogP contribution is -2.11. The molecule has 7 heteroatoms. The summed E-state index contributed by atoms with van der Waals surface area (Å²) in [4.78, 5) is 35.4. The van der Waals surface area contributed by atoms with Gasteiger partial charge in [0.25, 0.3) is 11.6 Å². The van der Waals surface area contributed by atoms with E-state index in [9.17, 15) is 19.7 Å². The number of carbonyl (C=O) groups is 1. The normalized spacial score (nSPS) is 10.8. The Kier molecular flexibility index (Phi) is 5.09. The molecule has 0 aliphatic rings. The molecule has 0 saturated heterocycles. The molecule has 0 aliphatic carbocycles. The molecule has 0 saturated carbocycles. The molecule has 31 heavy (non-hydrogen) atoms. The number of nitro benzene ring substituents is 1. The molecule has 3 aromatic carbocycles. The summed E-state index contributed by atoms with van der Waals surface area (Å²) in [6, 6.07) is 17.5. The quantitative estimate of drug-likeness (QED) is 0.363. The zero-order valence-corrected chi connectivity index (χ0v) is 16.8. The Morgan fingerprint density at radius 1 is 1.00 bits per heavy atom. The summed E-state index contributed by atoms with van der Waals surface area (Å²) >= 11 is 0. The van der Waals surface area contributed by atoms with Crippen LogP contribution in [0.3, 0.4) is 0 Å². The van der Waals surface area contributed by atoms with Crippen LogP contribution in [0.15, 0.2) is 75.9 Å². The summed E-state index contributed by atoms with van der Waals surface area (Å²) in [5.74, 6) is 0.00780. The maximum Gasteiger partial charge on any atom is 0.271 e. The van der Waals surface area contributed by atoms with E-state index in [1.165, 1.54) is 24.3 Å². The summed E-state index contributed by atoms with van der Waals surface area (Å²) in [6.07, 6.45) is 0. The van der Waals surface area contributed by atoms with Gasteiger partial charge in [-0.25, -0.2) is 0 Å². The molecule has 4 aromatic rings. The fourth-order valence-corrected chi connectivity index (χ4v) is 3.44. The second-order valence-corrected chi connectivity index (χ2v) is 7.27. The van der Waals surface area contributed by atoms with Crippen LogP contribution in [0.4, 0.5) is 11.4 Å². The minimum atomic E-state index is -0.523. The Hall–Kier alpha value is -4.26. The third kappa shape index (κ3) is 4.06. The average Bonchev–Trinajstić information content (AvgIpc) is 2.74. The van der Waals surface area contributed by atoms with Crippen LogP contribution in [-0.2, 0) is 0 Å². The number of hydrogen-bond donors (Lipinski definition) is 1. The lowest BCUT2D eigenvalue weighted by molar-refractivity contribution is -0.384. The first-order valence-corrected chi connectivity index (χ1v) is 9.53. The van der Waals surface area contributed by atoms with Gasteiger partial charge in [-0.15, -0.1) is 0 Å². The van der Waals surface area contributed by atoms with Crippen molar-refractivity contribution in [3.8, 4) is 11.3 Å². The minimum absolute atomic E-state index is 0.107. The SMILES string of the molecule is Cc1cc(C)c2oc(-c3ccc(C(=O)Nc4cccc([N+](=O)[O-])c4)cc3)cc(=O)c2c1. The van der Waals surface area contributed by atoms with Crippen molar-refractivity contribution in [1.82, 2.24) is 0 Å². The molecule has 0 bridgehead atoms. The molecule has 1 heterocycles. The van der Waals surface area contributed by atoms with Gasteiger partial charge in [-0.1, -0.05) is 24.3 Å². The molecule has 0 fully saturated rings. The van der Waals surface area contributed by atoms with Crippen LogP contribution in [0.5, 0.6) is 0 Å². The van der Waals surface area contributed by atoms with Crippen molar-refractivity contribution < 1.29 is 14.1 Å². The molecule has 4 rings (SSSR count). The highest BCUT2D eigenvalue weighted by molar-refractivity contribution is 6.04. The van der Waals surface area contributed by atoms with E-state index in [2.05, 4.69) is 5.32 Å². The molecule has 0 spiro atoms. The lowest BCUT2D eigenvalue weighted by Gasteiger charge is -2.08. The van der Waals surface area contributed by atoms with E-state index in [1.807, 2.05) is 19.9 Å². The highest BCUT2D eigenvalue weighted by Gasteiger charge is 2.12. The fraction of sp³-hybridized carbons (Fsp3) is 0.0833. The Labute approximate surface area is 177 Å². The number of nitro groups is 1. The topological polar surface area (TPSA) is 102 Å². The van der Waals surface area contributed by atoms with Crippen molar-refractivity contribution >= 4 is 28.3 Å². The zero-order valence-electron chi connectivity index (χ0n) is 16.8. The first-order valence-electron chi connectivity index (χ1n) is 9.53. The predicted octanol–water partition coefficient (Wildman–Crippen LogP) is 5.24. The van der Waals surface area contributed by atoms with Crippen molar-refractivity contribution in [1.29, 1.82) is 0 Å². The summed E-state index contributed by atoms with van der Waals surface area (Å²) in [7, 11) is 0. The van der Waals surface area contributed by atoms with Gasteiger partial charge >= 0.3 is 0 Å². The van der Waals surface area contributed by atoms with E-state index in [-0.39, 0.29) is 11.1 Å². The number of benzene rings is 3. The third-order valence-corrected chi connectivity index (χ3v) is 4.91. The molecule has 1 aromatic heterocycles. The van der Waals surface area contributed by atoms with Crippen LogP contribution >= 0.6 is 0 Å². The summed E-state index contributed by atoms with van der Waals surface area (Å²) in [6.45, 7) is 3.82. The Bertz CT molecular complexity index is 1390. The third-order valence-electron chi connectivity index (χ3n) is 4.91. The molecular weight excluding hydrogens is 396 g/mol. The van der Waals surface area contributed by atoms with Gasteiger partial charge < -0.3 is 9.73 Å². The number of amides is 1. The van der Waals surface area contributed by atoms with Gasteiger partial charge in [0, 0.05) is 35.0 Å². The van der Waals surface area contributed by atoms with Gasteiger partial charge in [-0.2, -0.15) is 0 Å². The van der Waals surface area contributed by atoms with Gasteiger partial charge in [0.15, 0.2) is 5.43 Å². The number of aryl methyl sites for hydroxylation is 2. The first-order chi connectivity index (χ1) is 14.8. The van der Waals surface area contributed by atoms with E-state index in [4.69, 9.17) is 4.42 Å². The number of non-ortho nitro benzene ring substituents is 1. The summed E-state index contributed by atoms with van der Waals surface area (Å²) in [5.41, 5.74) is 3.53. The predicted molar refractivity (Wildman–Crippen MR) is 118 cm³/mol.